The second kappa shape index (κ2) is 11.7. The van der Waals surface area contributed by atoms with E-state index in [9.17, 15) is 9.59 Å². The smallest absolute Gasteiger partial charge is 0.343 e. The maximum atomic E-state index is 13.7. The topological polar surface area (TPSA) is 86.7 Å². The number of rotatable bonds is 8. The molecule has 1 atom stereocenters. The van der Waals surface area contributed by atoms with Crippen molar-refractivity contribution in [2.24, 2.45) is 5.10 Å². The van der Waals surface area contributed by atoms with Crippen molar-refractivity contribution >= 4 is 17.6 Å². The largest absolute Gasteiger partial charge is 0.497 e. The molecule has 0 saturated carbocycles. The van der Waals surface area contributed by atoms with Gasteiger partial charge in [-0.2, -0.15) is 5.10 Å². The molecule has 0 bridgehead atoms. The van der Waals surface area contributed by atoms with Gasteiger partial charge >= 0.3 is 5.97 Å². The quantitative estimate of drug-likeness (QED) is 0.205. The van der Waals surface area contributed by atoms with Crippen LogP contribution in [0.5, 0.6) is 23.0 Å². The molecule has 0 N–H and O–H groups in total. The highest BCUT2D eigenvalue weighted by molar-refractivity contribution is 6.07. The van der Waals surface area contributed by atoms with Gasteiger partial charge in [-0.05, 0) is 78.4 Å². The lowest BCUT2D eigenvalue weighted by Crippen LogP contribution is -2.27. The Hall–Kier alpha value is -5.11. The van der Waals surface area contributed by atoms with Crippen LogP contribution in [0.4, 0.5) is 0 Å². The summed E-state index contributed by atoms with van der Waals surface area (Å²) in [5.41, 5.74) is 3.02. The highest BCUT2D eigenvalue weighted by atomic mass is 16.5. The van der Waals surface area contributed by atoms with Gasteiger partial charge < -0.3 is 18.9 Å². The third kappa shape index (κ3) is 5.51. The fourth-order valence-corrected chi connectivity index (χ4v) is 4.49. The van der Waals surface area contributed by atoms with E-state index in [-0.39, 0.29) is 11.9 Å². The third-order valence-corrected chi connectivity index (χ3v) is 6.68. The molecule has 0 spiro atoms. The molecule has 40 heavy (non-hydrogen) atoms. The molecule has 1 amide bonds. The molecule has 4 aromatic carbocycles. The maximum Gasteiger partial charge on any atom is 0.343 e. The van der Waals surface area contributed by atoms with Crippen molar-refractivity contribution < 1.29 is 28.5 Å². The summed E-state index contributed by atoms with van der Waals surface area (Å²) in [4.78, 5) is 26.6. The summed E-state index contributed by atoms with van der Waals surface area (Å²) in [7, 11) is 4.75. The predicted octanol–water partition coefficient (Wildman–Crippen LogP) is 5.92. The monoisotopic (exact) mass is 536 g/mol. The predicted molar refractivity (Wildman–Crippen MR) is 150 cm³/mol. The number of ether oxygens (including phenoxy) is 4. The molecule has 0 unspecified atom stereocenters. The van der Waals surface area contributed by atoms with Crippen molar-refractivity contribution in [2.45, 2.75) is 12.5 Å². The summed E-state index contributed by atoms with van der Waals surface area (Å²) in [5.74, 6) is 1.60. The van der Waals surface area contributed by atoms with Crippen LogP contribution in [0.1, 0.15) is 44.3 Å². The van der Waals surface area contributed by atoms with Gasteiger partial charge in [0.2, 0.25) is 0 Å². The Morgan fingerprint density at radius 2 is 1.23 bits per heavy atom. The Morgan fingerprint density at radius 1 is 0.700 bits per heavy atom. The van der Waals surface area contributed by atoms with Crippen LogP contribution in [-0.4, -0.2) is 43.9 Å². The summed E-state index contributed by atoms with van der Waals surface area (Å²) in [6.45, 7) is 0. The van der Waals surface area contributed by atoms with Gasteiger partial charge in [-0.25, -0.2) is 9.80 Å². The minimum absolute atomic E-state index is 0.258. The van der Waals surface area contributed by atoms with Crippen LogP contribution >= 0.6 is 0 Å². The van der Waals surface area contributed by atoms with Crippen LogP contribution in [0.25, 0.3) is 0 Å². The molecule has 0 saturated heterocycles. The summed E-state index contributed by atoms with van der Waals surface area (Å²) in [5, 5.41) is 6.26. The number of esters is 1. The highest BCUT2D eigenvalue weighted by Gasteiger charge is 2.35. The second-order valence-corrected chi connectivity index (χ2v) is 9.03. The molecule has 0 fully saturated rings. The summed E-state index contributed by atoms with van der Waals surface area (Å²) in [6, 6.07) is 28.0. The van der Waals surface area contributed by atoms with Crippen molar-refractivity contribution in [3.8, 4) is 23.0 Å². The fraction of sp³-hybridized carbons (Fsp3) is 0.156. The van der Waals surface area contributed by atoms with Crippen molar-refractivity contribution in [1.82, 2.24) is 5.01 Å². The Morgan fingerprint density at radius 3 is 1.80 bits per heavy atom. The first-order chi connectivity index (χ1) is 19.5. The standard InChI is InChI=1S/C32H28N2O6/c1-37-24-14-8-21(9-15-24)29-20-28(33-34(29)31(35)22-10-16-25(38-2)17-11-22)27-6-4-5-7-30(27)40-32(36)23-12-18-26(39-3)19-13-23/h4-19,29H,20H2,1-3H3/t29-/m0/s1. The number of methoxy groups -OCH3 is 3. The molecule has 1 aliphatic rings. The normalized spacial score (nSPS) is 14.3. The van der Waals surface area contributed by atoms with Crippen molar-refractivity contribution in [2.75, 3.05) is 21.3 Å². The summed E-state index contributed by atoms with van der Waals surface area (Å²) < 4.78 is 21.5. The Kier molecular flexibility index (Phi) is 7.77. The highest BCUT2D eigenvalue weighted by Crippen LogP contribution is 2.37. The molecule has 0 radical (unpaired) electrons. The molecule has 0 aliphatic carbocycles. The van der Waals surface area contributed by atoms with Gasteiger partial charge in [0, 0.05) is 17.5 Å². The number of amides is 1. The minimum Gasteiger partial charge on any atom is -0.497 e. The molecule has 202 valence electrons. The number of carbonyl (C=O) groups excluding carboxylic acids is 2. The molecule has 4 aromatic rings. The third-order valence-electron chi connectivity index (χ3n) is 6.68. The van der Waals surface area contributed by atoms with E-state index in [0.717, 1.165) is 5.56 Å². The second-order valence-electron chi connectivity index (χ2n) is 9.03. The lowest BCUT2D eigenvalue weighted by molar-refractivity contribution is 0.0708. The molecular formula is C32H28N2O6. The van der Waals surface area contributed by atoms with E-state index in [0.29, 0.717) is 51.8 Å². The van der Waals surface area contributed by atoms with E-state index in [4.69, 9.17) is 24.0 Å². The first-order valence-corrected chi connectivity index (χ1v) is 12.7. The minimum atomic E-state index is -0.508. The van der Waals surface area contributed by atoms with Crippen LogP contribution in [-0.2, 0) is 0 Å². The number of hydrogen-bond acceptors (Lipinski definition) is 7. The van der Waals surface area contributed by atoms with Crippen molar-refractivity contribution in [3.63, 3.8) is 0 Å². The van der Waals surface area contributed by atoms with E-state index < -0.39 is 5.97 Å². The number of hydrazone groups is 1. The van der Waals surface area contributed by atoms with E-state index >= 15 is 0 Å². The lowest BCUT2D eigenvalue weighted by atomic mass is 9.97. The van der Waals surface area contributed by atoms with E-state index in [1.165, 1.54) is 5.01 Å². The van der Waals surface area contributed by atoms with E-state index in [2.05, 4.69) is 0 Å². The average Bonchev–Trinajstić information content (AvgIpc) is 3.46. The first-order valence-electron chi connectivity index (χ1n) is 12.7. The number of nitrogens with zero attached hydrogens (tertiary/aromatic N) is 2. The van der Waals surface area contributed by atoms with Gasteiger partial charge in [0.05, 0.1) is 38.6 Å². The first kappa shape index (κ1) is 26.5. The molecule has 1 aliphatic heterocycles. The Bertz CT molecular complexity index is 1530. The zero-order valence-electron chi connectivity index (χ0n) is 22.4. The van der Waals surface area contributed by atoms with Crippen molar-refractivity contribution in [3.05, 3.63) is 119 Å². The number of carbonyl (C=O) groups is 2. The molecular weight excluding hydrogens is 508 g/mol. The van der Waals surface area contributed by atoms with Crippen LogP contribution in [0, 0.1) is 0 Å². The molecule has 1 heterocycles. The average molecular weight is 537 g/mol. The molecule has 0 aromatic heterocycles. The van der Waals surface area contributed by atoms with Gasteiger partial charge in [0.15, 0.2) is 0 Å². The number of para-hydroxylation sites is 1. The van der Waals surface area contributed by atoms with Crippen molar-refractivity contribution in [1.29, 1.82) is 0 Å². The van der Waals surface area contributed by atoms with Gasteiger partial charge in [0.25, 0.3) is 5.91 Å². The van der Waals surface area contributed by atoms with Crippen LogP contribution in [0.3, 0.4) is 0 Å². The van der Waals surface area contributed by atoms with Gasteiger partial charge in [-0.1, -0.05) is 24.3 Å². The number of hydrogen-bond donors (Lipinski definition) is 0. The zero-order chi connectivity index (χ0) is 28.1. The lowest BCUT2D eigenvalue weighted by Gasteiger charge is -2.22. The SMILES string of the molecule is COc1ccc(C(=O)Oc2ccccc2C2=NN(C(=O)c3ccc(OC)cc3)[C@H](c3ccc(OC)cc3)C2)cc1. The molecule has 8 heteroatoms. The fourth-order valence-electron chi connectivity index (χ4n) is 4.49. The molecule has 5 rings (SSSR count). The Labute approximate surface area is 232 Å². The molecule has 8 nitrogen and oxygen atoms in total. The zero-order valence-corrected chi connectivity index (χ0v) is 22.4. The number of benzene rings is 4. The van der Waals surface area contributed by atoms with Crippen LogP contribution in [0.2, 0.25) is 0 Å². The summed E-state index contributed by atoms with van der Waals surface area (Å²) in [6.07, 6.45) is 0.422. The maximum absolute atomic E-state index is 13.7. The van der Waals surface area contributed by atoms with E-state index in [1.54, 1.807) is 82.0 Å². The van der Waals surface area contributed by atoms with Crippen LogP contribution < -0.4 is 18.9 Å². The van der Waals surface area contributed by atoms with E-state index in [1.807, 2.05) is 36.4 Å². The van der Waals surface area contributed by atoms with Crippen LogP contribution in [0.15, 0.2) is 102 Å². The van der Waals surface area contributed by atoms with Gasteiger partial charge in [-0.15, -0.1) is 0 Å². The van der Waals surface area contributed by atoms with Gasteiger partial charge in [0.1, 0.15) is 23.0 Å². The van der Waals surface area contributed by atoms with Gasteiger partial charge in [-0.3, -0.25) is 4.79 Å². The Balaban J connectivity index is 1.48. The summed E-state index contributed by atoms with van der Waals surface area (Å²) >= 11 is 0.